The molecule has 4 nitrogen and oxygen atoms in total. The van der Waals surface area contributed by atoms with Gasteiger partial charge in [0.2, 0.25) is 0 Å². The van der Waals surface area contributed by atoms with Crippen molar-refractivity contribution in [3.8, 4) is 22.8 Å². The van der Waals surface area contributed by atoms with E-state index in [-0.39, 0.29) is 5.41 Å². The van der Waals surface area contributed by atoms with Crippen molar-refractivity contribution in [3.05, 3.63) is 90.0 Å². The molecule has 0 aliphatic heterocycles. The monoisotopic (exact) mass is 429 g/mol. The highest BCUT2D eigenvalue weighted by Gasteiger charge is 2.17. The fourth-order valence-electron chi connectivity index (χ4n) is 3.35. The number of hydrogen-bond donors (Lipinski definition) is 0. The highest BCUT2D eigenvalue weighted by molar-refractivity contribution is 7.98. The van der Waals surface area contributed by atoms with E-state index in [0.717, 1.165) is 33.7 Å². The van der Waals surface area contributed by atoms with Crippen LogP contribution < -0.4 is 4.74 Å². The number of ether oxygens (including phenoxy) is 1. The first-order valence-corrected chi connectivity index (χ1v) is 11.3. The van der Waals surface area contributed by atoms with Crippen molar-refractivity contribution in [2.75, 3.05) is 7.11 Å². The molecule has 0 N–H and O–H groups in total. The quantitative estimate of drug-likeness (QED) is 0.327. The van der Waals surface area contributed by atoms with Crippen LogP contribution in [-0.2, 0) is 11.2 Å². The minimum Gasteiger partial charge on any atom is -0.497 e. The fraction of sp³-hybridized carbons (Fsp3) is 0.231. The lowest BCUT2D eigenvalue weighted by Gasteiger charge is -2.19. The molecule has 31 heavy (non-hydrogen) atoms. The number of benzene rings is 3. The van der Waals surface area contributed by atoms with Gasteiger partial charge in [0.05, 0.1) is 7.11 Å². The molecule has 4 rings (SSSR count). The summed E-state index contributed by atoms with van der Waals surface area (Å²) in [6.45, 7) is 6.71. The van der Waals surface area contributed by atoms with Crippen LogP contribution in [-0.4, -0.2) is 21.9 Å². The first-order valence-electron chi connectivity index (χ1n) is 10.3. The van der Waals surface area contributed by atoms with Crippen LogP contribution in [0, 0.1) is 0 Å². The number of thioether (sulfide) groups is 1. The van der Waals surface area contributed by atoms with E-state index in [0.29, 0.717) is 0 Å². The Labute approximate surface area is 188 Å². The van der Waals surface area contributed by atoms with E-state index in [2.05, 4.69) is 71.9 Å². The average Bonchev–Trinajstić information content (AvgIpc) is 3.22. The summed E-state index contributed by atoms with van der Waals surface area (Å²) in [5.41, 5.74) is 4.82. The molecule has 0 bridgehead atoms. The van der Waals surface area contributed by atoms with Crippen LogP contribution in [0.1, 0.15) is 31.9 Å². The van der Waals surface area contributed by atoms with Gasteiger partial charge in [-0.15, -0.1) is 10.2 Å². The third-order valence-electron chi connectivity index (χ3n) is 5.18. The molecule has 0 saturated heterocycles. The van der Waals surface area contributed by atoms with Crippen LogP contribution in [0.15, 0.2) is 84.0 Å². The van der Waals surface area contributed by atoms with Gasteiger partial charge in [-0.05, 0) is 52.9 Å². The summed E-state index contributed by atoms with van der Waals surface area (Å²) in [5, 5.41) is 9.93. The molecule has 0 amide bonds. The largest absolute Gasteiger partial charge is 0.497 e. The fourth-order valence-corrected chi connectivity index (χ4v) is 4.26. The Balaban J connectivity index is 1.64. The van der Waals surface area contributed by atoms with Gasteiger partial charge in [-0.2, -0.15) is 0 Å². The minimum absolute atomic E-state index is 0.159. The Morgan fingerprint density at radius 1 is 0.839 bits per heavy atom. The molecule has 0 atom stereocenters. The highest BCUT2D eigenvalue weighted by Crippen LogP contribution is 2.31. The van der Waals surface area contributed by atoms with E-state index >= 15 is 0 Å². The van der Waals surface area contributed by atoms with Crippen LogP contribution >= 0.6 is 11.8 Å². The second-order valence-corrected chi connectivity index (χ2v) is 9.38. The molecule has 0 spiro atoms. The zero-order valence-corrected chi connectivity index (χ0v) is 19.2. The lowest BCUT2D eigenvalue weighted by molar-refractivity contribution is 0.415. The molecule has 0 unspecified atom stereocenters. The molecule has 1 heterocycles. The van der Waals surface area contributed by atoms with Crippen LogP contribution in [0.5, 0.6) is 5.75 Å². The lowest BCUT2D eigenvalue weighted by Crippen LogP contribution is -2.10. The van der Waals surface area contributed by atoms with Crippen LogP contribution in [0.4, 0.5) is 0 Å². The van der Waals surface area contributed by atoms with Gasteiger partial charge in [0.15, 0.2) is 11.0 Å². The number of rotatable bonds is 6. The van der Waals surface area contributed by atoms with Gasteiger partial charge in [0.25, 0.3) is 0 Å². The Hall–Kier alpha value is -3.05. The van der Waals surface area contributed by atoms with Crippen molar-refractivity contribution in [1.82, 2.24) is 14.8 Å². The van der Waals surface area contributed by atoms with Gasteiger partial charge in [0, 0.05) is 17.0 Å². The first kappa shape index (κ1) is 21.2. The van der Waals surface area contributed by atoms with E-state index in [1.165, 1.54) is 11.1 Å². The highest BCUT2D eigenvalue weighted by atomic mass is 32.2. The van der Waals surface area contributed by atoms with Crippen LogP contribution in [0.25, 0.3) is 17.1 Å². The zero-order chi connectivity index (χ0) is 21.8. The van der Waals surface area contributed by atoms with Crippen molar-refractivity contribution in [2.24, 2.45) is 0 Å². The topological polar surface area (TPSA) is 39.9 Å². The average molecular weight is 430 g/mol. The van der Waals surface area contributed by atoms with Crippen molar-refractivity contribution in [1.29, 1.82) is 0 Å². The standard InChI is InChI=1S/C26H27N3OS/c1-26(2,3)21-14-10-19(11-15-21)18-31-25-28-27-24(20-12-16-23(30-4)17-13-20)29(25)22-8-6-5-7-9-22/h5-17H,18H2,1-4H3. The Kier molecular flexibility index (Phi) is 6.14. The summed E-state index contributed by atoms with van der Waals surface area (Å²) < 4.78 is 7.42. The number of methoxy groups -OCH3 is 1. The first-order chi connectivity index (χ1) is 15.0. The lowest BCUT2D eigenvalue weighted by atomic mass is 9.87. The van der Waals surface area contributed by atoms with Crippen molar-refractivity contribution in [2.45, 2.75) is 37.1 Å². The van der Waals surface area contributed by atoms with E-state index in [4.69, 9.17) is 4.74 Å². The summed E-state index contributed by atoms with van der Waals surface area (Å²) in [7, 11) is 1.67. The smallest absolute Gasteiger partial charge is 0.196 e. The number of aromatic nitrogens is 3. The summed E-state index contributed by atoms with van der Waals surface area (Å²) >= 11 is 1.70. The normalized spacial score (nSPS) is 11.5. The summed E-state index contributed by atoms with van der Waals surface area (Å²) in [6, 6.07) is 27.0. The van der Waals surface area contributed by atoms with Gasteiger partial charge in [-0.1, -0.05) is 75.0 Å². The van der Waals surface area contributed by atoms with Gasteiger partial charge in [-0.25, -0.2) is 0 Å². The molecule has 158 valence electrons. The third kappa shape index (κ3) is 4.83. The molecule has 4 aromatic rings. The predicted molar refractivity (Wildman–Crippen MR) is 128 cm³/mol. The van der Waals surface area contributed by atoms with Crippen molar-refractivity contribution in [3.63, 3.8) is 0 Å². The Bertz CT molecular complexity index is 1130. The van der Waals surface area contributed by atoms with E-state index in [1.807, 2.05) is 42.5 Å². The number of nitrogens with zero attached hydrogens (tertiary/aromatic N) is 3. The third-order valence-corrected chi connectivity index (χ3v) is 6.18. The van der Waals surface area contributed by atoms with Gasteiger partial charge in [-0.3, -0.25) is 4.57 Å². The second-order valence-electron chi connectivity index (χ2n) is 8.44. The number of para-hydroxylation sites is 1. The maximum atomic E-state index is 5.30. The maximum absolute atomic E-state index is 5.30. The van der Waals surface area contributed by atoms with Crippen molar-refractivity contribution >= 4 is 11.8 Å². The molecular formula is C26H27N3OS. The molecule has 0 aliphatic rings. The van der Waals surface area contributed by atoms with Gasteiger partial charge in [0.1, 0.15) is 5.75 Å². The molecule has 3 aromatic carbocycles. The van der Waals surface area contributed by atoms with Crippen LogP contribution in [0.2, 0.25) is 0 Å². The zero-order valence-electron chi connectivity index (χ0n) is 18.4. The Morgan fingerprint density at radius 2 is 1.52 bits per heavy atom. The van der Waals surface area contributed by atoms with Gasteiger partial charge >= 0.3 is 0 Å². The summed E-state index contributed by atoms with van der Waals surface area (Å²) in [5.74, 6) is 2.47. The van der Waals surface area contributed by atoms with Crippen LogP contribution in [0.3, 0.4) is 0 Å². The second kappa shape index (κ2) is 8.98. The number of hydrogen-bond acceptors (Lipinski definition) is 4. The molecule has 0 saturated carbocycles. The molecule has 1 aromatic heterocycles. The molecular weight excluding hydrogens is 402 g/mol. The molecule has 0 radical (unpaired) electrons. The molecule has 0 aliphatic carbocycles. The predicted octanol–water partition coefficient (Wildman–Crippen LogP) is 6.53. The van der Waals surface area contributed by atoms with Gasteiger partial charge < -0.3 is 4.74 Å². The van der Waals surface area contributed by atoms with E-state index in [1.54, 1.807) is 18.9 Å². The van der Waals surface area contributed by atoms with E-state index < -0.39 is 0 Å². The Morgan fingerprint density at radius 3 is 2.13 bits per heavy atom. The molecule has 5 heteroatoms. The maximum Gasteiger partial charge on any atom is 0.196 e. The summed E-state index contributed by atoms with van der Waals surface area (Å²) in [4.78, 5) is 0. The summed E-state index contributed by atoms with van der Waals surface area (Å²) in [6.07, 6.45) is 0. The minimum atomic E-state index is 0.159. The van der Waals surface area contributed by atoms with E-state index in [9.17, 15) is 0 Å². The molecule has 0 fully saturated rings. The van der Waals surface area contributed by atoms with Crippen molar-refractivity contribution < 1.29 is 4.74 Å². The SMILES string of the molecule is COc1ccc(-c2nnc(SCc3ccc(C(C)(C)C)cc3)n2-c2ccccc2)cc1.